The van der Waals surface area contributed by atoms with E-state index in [1.807, 2.05) is 0 Å². The Morgan fingerprint density at radius 2 is 2.33 bits per heavy atom. The third-order valence-corrected chi connectivity index (χ3v) is 2.82. The summed E-state index contributed by atoms with van der Waals surface area (Å²) in [6.45, 7) is -3.54. The number of ketones is 1. The second kappa shape index (κ2) is 2.46. The summed E-state index contributed by atoms with van der Waals surface area (Å²) in [6, 6.07) is 0. The van der Waals surface area contributed by atoms with Gasteiger partial charge in [-0.1, -0.05) is 6.08 Å². The fourth-order valence-corrected chi connectivity index (χ4v) is 2.40. The maximum atomic E-state index is 11.1. The van der Waals surface area contributed by atoms with Crippen LogP contribution in [0.15, 0.2) is 24.0 Å². The highest BCUT2D eigenvalue weighted by molar-refractivity contribution is 7.81. The maximum Gasteiger partial charge on any atom is 0.477 e. The van der Waals surface area contributed by atoms with Gasteiger partial charge in [0.2, 0.25) is 0 Å². The summed E-state index contributed by atoms with van der Waals surface area (Å²) in [5, 5.41) is 0. The predicted molar refractivity (Wildman–Crippen MR) is 41.6 cm³/mol. The molecule has 6 heteroatoms. The van der Waals surface area contributed by atoms with Gasteiger partial charge in [0.1, 0.15) is 5.76 Å². The third-order valence-electron chi connectivity index (χ3n) is 1.48. The van der Waals surface area contributed by atoms with Gasteiger partial charge >= 0.3 is 6.95 Å². The lowest BCUT2D eigenvalue weighted by Gasteiger charge is -2.04. The molecule has 1 aliphatic carbocycles. The normalized spacial score (nSPS) is 38.9. The van der Waals surface area contributed by atoms with Gasteiger partial charge in [-0.3, -0.25) is 9.32 Å². The van der Waals surface area contributed by atoms with Crippen molar-refractivity contribution in [2.75, 3.05) is 0 Å². The molecular formula is C6H4ClO4P. The molecule has 0 radical (unpaired) electrons. The van der Waals surface area contributed by atoms with E-state index in [2.05, 4.69) is 0 Å². The lowest BCUT2D eigenvalue weighted by molar-refractivity contribution is -0.119. The number of carbonyl (C=O) groups is 1. The zero-order valence-electron chi connectivity index (χ0n) is 5.77. The van der Waals surface area contributed by atoms with Gasteiger partial charge in [-0.15, -0.1) is 0 Å². The van der Waals surface area contributed by atoms with Gasteiger partial charge in [0.05, 0.1) is 0 Å². The highest BCUT2D eigenvalue weighted by Crippen LogP contribution is 2.62. The number of rotatable bonds is 0. The van der Waals surface area contributed by atoms with E-state index in [0.717, 1.165) is 0 Å². The number of halogens is 1. The van der Waals surface area contributed by atoms with Crippen LogP contribution in [-0.2, 0) is 18.4 Å². The Morgan fingerprint density at radius 1 is 1.58 bits per heavy atom. The van der Waals surface area contributed by atoms with Crippen molar-refractivity contribution in [3.63, 3.8) is 0 Å². The van der Waals surface area contributed by atoms with Crippen molar-refractivity contribution < 1.29 is 18.4 Å². The molecule has 0 spiro atoms. The molecule has 1 heterocycles. The van der Waals surface area contributed by atoms with Crippen molar-refractivity contribution in [1.82, 2.24) is 0 Å². The summed E-state index contributed by atoms with van der Waals surface area (Å²) < 4.78 is 20.4. The number of allylic oxidation sites excluding steroid dienone is 2. The van der Waals surface area contributed by atoms with E-state index in [-0.39, 0.29) is 11.5 Å². The van der Waals surface area contributed by atoms with Crippen molar-refractivity contribution in [3.8, 4) is 0 Å². The second-order valence-electron chi connectivity index (χ2n) is 2.34. The molecule has 4 nitrogen and oxygen atoms in total. The Kier molecular flexibility index (Phi) is 1.65. The molecule has 2 atom stereocenters. The zero-order valence-corrected chi connectivity index (χ0v) is 7.42. The van der Waals surface area contributed by atoms with Crippen LogP contribution >= 0.6 is 18.2 Å². The van der Waals surface area contributed by atoms with E-state index in [1.54, 1.807) is 0 Å². The van der Waals surface area contributed by atoms with E-state index in [1.165, 1.54) is 18.2 Å². The van der Waals surface area contributed by atoms with Crippen LogP contribution in [0.1, 0.15) is 0 Å². The van der Waals surface area contributed by atoms with Crippen molar-refractivity contribution in [2.45, 2.75) is 6.10 Å². The van der Waals surface area contributed by atoms with E-state index in [4.69, 9.17) is 20.3 Å². The van der Waals surface area contributed by atoms with Crippen molar-refractivity contribution in [1.29, 1.82) is 0 Å². The second-order valence-corrected chi connectivity index (χ2v) is 4.83. The molecule has 64 valence electrons. The molecule has 0 saturated carbocycles. The van der Waals surface area contributed by atoms with Gasteiger partial charge in [0, 0.05) is 11.2 Å². The lowest BCUT2D eigenvalue weighted by atomic mass is 10.1. The monoisotopic (exact) mass is 206 g/mol. The Labute approximate surface area is 73.1 Å². The summed E-state index contributed by atoms with van der Waals surface area (Å²) in [5.41, 5.74) is 0. The van der Waals surface area contributed by atoms with E-state index >= 15 is 0 Å². The van der Waals surface area contributed by atoms with Crippen LogP contribution in [0.4, 0.5) is 0 Å². The molecule has 0 aromatic carbocycles. The van der Waals surface area contributed by atoms with Crippen LogP contribution in [0.3, 0.4) is 0 Å². The topological polar surface area (TPSA) is 52.6 Å². The molecule has 1 saturated heterocycles. The number of hydrogen-bond donors (Lipinski definition) is 0. The molecule has 0 amide bonds. The Balaban J connectivity index is 2.37. The first kappa shape index (κ1) is 8.05. The van der Waals surface area contributed by atoms with E-state index in [9.17, 15) is 9.36 Å². The standard InChI is InChI=1S/C6H4ClO4P/c7-12(9)10-5-3-1-2-4(8)6(5)11-12/h1-3,6H. The number of carbonyl (C=O) groups excluding carboxylic acids is 1. The van der Waals surface area contributed by atoms with Crippen LogP contribution in [0, 0.1) is 0 Å². The van der Waals surface area contributed by atoms with E-state index < -0.39 is 13.1 Å². The Morgan fingerprint density at radius 3 is 3.00 bits per heavy atom. The SMILES string of the molecule is O=C1C=CC=C2OP(=O)(Cl)OC12. The highest BCUT2D eigenvalue weighted by atomic mass is 35.7. The zero-order chi connectivity index (χ0) is 8.77. The minimum atomic E-state index is -3.54. The molecule has 2 rings (SSSR count). The van der Waals surface area contributed by atoms with Crippen LogP contribution < -0.4 is 0 Å². The fraction of sp³-hybridized carbons (Fsp3) is 0.167. The van der Waals surface area contributed by atoms with E-state index in [0.29, 0.717) is 0 Å². The smallest absolute Gasteiger partial charge is 0.415 e. The van der Waals surface area contributed by atoms with Crippen molar-refractivity contribution >= 4 is 24.0 Å². The minimum absolute atomic E-state index is 0.223. The molecule has 0 bridgehead atoms. The van der Waals surface area contributed by atoms with Crippen molar-refractivity contribution in [3.05, 3.63) is 24.0 Å². The largest absolute Gasteiger partial charge is 0.477 e. The maximum absolute atomic E-state index is 11.1. The third kappa shape index (κ3) is 1.22. The quantitative estimate of drug-likeness (QED) is 0.567. The molecular weight excluding hydrogens is 202 g/mol. The molecule has 2 unspecified atom stereocenters. The van der Waals surface area contributed by atoms with Crippen LogP contribution in [-0.4, -0.2) is 11.9 Å². The van der Waals surface area contributed by atoms with Gasteiger partial charge in [-0.25, -0.2) is 4.57 Å². The predicted octanol–water partition coefficient (Wildman–Crippen LogP) is 1.77. The van der Waals surface area contributed by atoms with Gasteiger partial charge in [0.15, 0.2) is 11.9 Å². The average Bonchev–Trinajstić information content (AvgIpc) is 2.25. The Bertz CT molecular complexity index is 345. The summed E-state index contributed by atoms with van der Waals surface area (Å²) in [7, 11) is 0. The van der Waals surface area contributed by atoms with Crippen LogP contribution in [0.25, 0.3) is 0 Å². The van der Waals surface area contributed by atoms with Gasteiger partial charge in [-0.05, 0) is 12.2 Å². The molecule has 0 N–H and O–H groups in total. The first-order chi connectivity index (χ1) is 5.58. The molecule has 0 aromatic heterocycles. The first-order valence-corrected chi connectivity index (χ1v) is 5.63. The fourth-order valence-electron chi connectivity index (χ4n) is 1.01. The highest BCUT2D eigenvalue weighted by Gasteiger charge is 2.44. The minimum Gasteiger partial charge on any atom is -0.415 e. The average molecular weight is 207 g/mol. The van der Waals surface area contributed by atoms with Crippen LogP contribution in [0.5, 0.6) is 0 Å². The Hall–Kier alpha value is -0.570. The summed E-state index contributed by atoms with van der Waals surface area (Å²) >= 11 is 5.30. The van der Waals surface area contributed by atoms with Crippen LogP contribution in [0.2, 0.25) is 0 Å². The molecule has 0 aromatic rings. The van der Waals surface area contributed by atoms with Gasteiger partial charge in [0.25, 0.3) is 0 Å². The van der Waals surface area contributed by atoms with Crippen molar-refractivity contribution in [2.24, 2.45) is 0 Å². The summed E-state index contributed by atoms with van der Waals surface area (Å²) in [4.78, 5) is 11.1. The summed E-state index contributed by atoms with van der Waals surface area (Å²) in [6.07, 6.45) is 3.42. The number of fused-ring (bicyclic) bond motifs is 1. The molecule has 12 heavy (non-hydrogen) atoms. The van der Waals surface area contributed by atoms with Gasteiger partial charge in [-0.2, -0.15) is 0 Å². The number of hydrogen-bond acceptors (Lipinski definition) is 4. The lowest BCUT2D eigenvalue weighted by Crippen LogP contribution is -2.20. The molecule has 2 aliphatic rings. The summed E-state index contributed by atoms with van der Waals surface area (Å²) in [5.74, 6) is -0.0771. The molecule has 1 aliphatic heterocycles. The molecule has 1 fully saturated rings. The first-order valence-electron chi connectivity index (χ1n) is 3.18. The van der Waals surface area contributed by atoms with Gasteiger partial charge < -0.3 is 4.52 Å².